The molecule has 0 unspecified atom stereocenters. The van der Waals surface area contributed by atoms with E-state index in [0.29, 0.717) is 5.88 Å². The summed E-state index contributed by atoms with van der Waals surface area (Å²) in [5, 5.41) is 1.89. The summed E-state index contributed by atoms with van der Waals surface area (Å²) in [4.78, 5) is 4.87. The number of methoxy groups -OCH3 is 1. The predicted octanol–water partition coefficient (Wildman–Crippen LogP) is 6.58. The van der Waals surface area contributed by atoms with E-state index in [9.17, 15) is 0 Å². The molecule has 0 atom stereocenters. The fraction of sp³-hybridized carbons (Fsp3) is 0.0690. The normalized spacial score (nSPS) is 12.7. The molecule has 0 amide bonds. The van der Waals surface area contributed by atoms with E-state index in [2.05, 4.69) is 131 Å². The van der Waals surface area contributed by atoms with Gasteiger partial charge >= 0.3 is 203 Å². The Labute approximate surface area is 202 Å². The zero-order valence-electron chi connectivity index (χ0n) is 18.4. The van der Waals surface area contributed by atoms with Gasteiger partial charge in [-0.2, -0.15) is 0 Å². The first-order valence-electron chi connectivity index (χ1n) is 11.0. The van der Waals surface area contributed by atoms with Crippen molar-refractivity contribution in [3.8, 4) is 5.88 Å². The van der Waals surface area contributed by atoms with Gasteiger partial charge in [-0.3, -0.25) is 0 Å². The number of fused-ring (bicyclic) bond motifs is 1. The number of rotatable bonds is 6. The predicted molar refractivity (Wildman–Crippen MR) is 146 cm³/mol. The number of nitrogens with zero attached hydrogens (tertiary/aromatic N) is 1. The third-order valence-electron chi connectivity index (χ3n) is 6.34. The van der Waals surface area contributed by atoms with Gasteiger partial charge in [0.2, 0.25) is 0 Å². The van der Waals surface area contributed by atoms with Crippen LogP contribution in [0.3, 0.4) is 0 Å². The Kier molecular flexibility index (Phi) is 5.78. The molecule has 0 spiro atoms. The molecule has 0 saturated heterocycles. The van der Waals surface area contributed by atoms with Crippen molar-refractivity contribution in [2.75, 3.05) is 7.11 Å². The van der Waals surface area contributed by atoms with Gasteiger partial charge in [0.1, 0.15) is 0 Å². The molecule has 0 aliphatic heterocycles. The van der Waals surface area contributed by atoms with Crippen molar-refractivity contribution in [1.29, 1.82) is 0 Å². The van der Waals surface area contributed by atoms with Crippen LogP contribution < -0.4 is 20.7 Å². The first-order chi connectivity index (χ1) is 16.1. The van der Waals surface area contributed by atoms with Gasteiger partial charge in [0, 0.05) is 0 Å². The van der Waals surface area contributed by atoms with E-state index < -0.39 is 5.31 Å². The molecule has 1 aromatic heterocycles. The molecule has 0 aliphatic carbocycles. The van der Waals surface area contributed by atoms with Gasteiger partial charge in [-0.05, 0) is 0 Å². The zero-order valence-corrected chi connectivity index (χ0v) is 20.9. The standard InChI is InChI=1S/C29H25BrNOP/c1-32-28-21-20-23-12-11-13-24(29(23)31-28)22-33(30,25-14-5-2-6-15-25,26-16-7-3-8-17-26)27-18-9-4-10-19-27/h2-21H,22H2,1H3. The van der Waals surface area contributed by atoms with Crippen molar-refractivity contribution in [2.45, 2.75) is 6.16 Å². The van der Waals surface area contributed by atoms with Crippen molar-refractivity contribution in [1.82, 2.24) is 4.98 Å². The van der Waals surface area contributed by atoms with Gasteiger partial charge in [-0.15, -0.1) is 0 Å². The molecule has 0 radical (unpaired) electrons. The van der Waals surface area contributed by atoms with Crippen LogP contribution in [0, 0.1) is 0 Å². The first kappa shape index (κ1) is 21.8. The molecule has 5 aromatic rings. The monoisotopic (exact) mass is 513 g/mol. The van der Waals surface area contributed by atoms with E-state index in [4.69, 9.17) is 9.72 Å². The van der Waals surface area contributed by atoms with E-state index in [1.54, 1.807) is 7.11 Å². The van der Waals surface area contributed by atoms with Crippen LogP contribution in [0.25, 0.3) is 10.9 Å². The molecule has 0 aliphatic rings. The molecule has 2 nitrogen and oxygen atoms in total. The van der Waals surface area contributed by atoms with Gasteiger partial charge in [-0.1, -0.05) is 0 Å². The van der Waals surface area contributed by atoms with Crippen LogP contribution >= 0.6 is 20.8 Å². The Balaban J connectivity index is 1.87. The Morgan fingerprint density at radius 3 is 1.64 bits per heavy atom. The van der Waals surface area contributed by atoms with E-state index in [1.165, 1.54) is 21.5 Å². The van der Waals surface area contributed by atoms with E-state index in [1.807, 2.05) is 6.07 Å². The molecule has 1 heterocycles. The fourth-order valence-electron chi connectivity index (χ4n) is 4.69. The number of ether oxygens (including phenoxy) is 1. The summed E-state index contributed by atoms with van der Waals surface area (Å²) in [6.45, 7) is 0. The zero-order chi connectivity index (χ0) is 22.8. The summed E-state index contributed by atoms with van der Waals surface area (Å²) in [6, 6.07) is 43.0. The maximum atomic E-state index is 5.47. The van der Waals surface area contributed by atoms with E-state index >= 15 is 0 Å². The van der Waals surface area contributed by atoms with Gasteiger partial charge in [0.15, 0.2) is 0 Å². The van der Waals surface area contributed by atoms with Crippen LogP contribution in [0.15, 0.2) is 121 Å². The molecule has 33 heavy (non-hydrogen) atoms. The van der Waals surface area contributed by atoms with Gasteiger partial charge in [0.25, 0.3) is 0 Å². The summed E-state index contributed by atoms with van der Waals surface area (Å²) < 4.78 is 5.47. The van der Waals surface area contributed by atoms with Crippen LogP contribution in [-0.2, 0) is 6.16 Å². The van der Waals surface area contributed by atoms with Crippen LogP contribution in [-0.4, -0.2) is 12.1 Å². The summed E-state index contributed by atoms with van der Waals surface area (Å²) in [7, 11) is 1.67. The molecule has 0 fully saturated rings. The molecule has 4 heteroatoms. The Morgan fingerprint density at radius 1 is 0.636 bits per heavy atom. The molecule has 0 saturated carbocycles. The number of pyridine rings is 1. The van der Waals surface area contributed by atoms with Crippen molar-refractivity contribution in [2.24, 2.45) is 0 Å². The Hall–Kier alpha value is -3.00. The molecule has 164 valence electrons. The average molecular weight is 514 g/mol. The van der Waals surface area contributed by atoms with Crippen molar-refractivity contribution in [3.05, 3.63) is 127 Å². The second-order valence-electron chi connectivity index (χ2n) is 8.19. The van der Waals surface area contributed by atoms with Crippen molar-refractivity contribution < 1.29 is 4.74 Å². The average Bonchev–Trinajstić information content (AvgIpc) is 2.90. The topological polar surface area (TPSA) is 22.1 Å². The third kappa shape index (κ3) is 3.66. The quantitative estimate of drug-likeness (QED) is 0.239. The maximum absolute atomic E-state index is 5.47. The van der Waals surface area contributed by atoms with Crippen LogP contribution in [0.1, 0.15) is 5.56 Å². The van der Waals surface area contributed by atoms with E-state index in [-0.39, 0.29) is 0 Å². The number of aromatic nitrogens is 1. The number of para-hydroxylation sites is 1. The van der Waals surface area contributed by atoms with Crippen LogP contribution in [0.2, 0.25) is 0 Å². The molecule has 0 bridgehead atoms. The van der Waals surface area contributed by atoms with Crippen LogP contribution in [0.4, 0.5) is 0 Å². The fourth-order valence-corrected chi connectivity index (χ4v) is 12.3. The molecule has 0 N–H and O–H groups in total. The molecular weight excluding hydrogens is 489 g/mol. The van der Waals surface area contributed by atoms with Gasteiger partial charge in [0.05, 0.1) is 0 Å². The summed E-state index contributed by atoms with van der Waals surface area (Å²) in [5.74, 6) is 0.629. The Bertz CT molecular complexity index is 1290. The van der Waals surface area contributed by atoms with E-state index in [0.717, 1.165) is 17.1 Å². The second-order valence-corrected chi connectivity index (χ2v) is 17.1. The Morgan fingerprint density at radius 2 is 1.15 bits per heavy atom. The number of benzene rings is 4. The summed E-state index contributed by atoms with van der Waals surface area (Å²) in [6.07, 6.45) is 0.793. The molecule has 4 aromatic carbocycles. The van der Waals surface area contributed by atoms with Crippen molar-refractivity contribution in [3.63, 3.8) is 0 Å². The second kappa shape index (κ2) is 8.74. The van der Waals surface area contributed by atoms with Crippen LogP contribution in [0.5, 0.6) is 5.88 Å². The summed E-state index contributed by atoms with van der Waals surface area (Å²) in [5.41, 5.74) is 2.17. The number of hydrogen-bond donors (Lipinski definition) is 0. The summed E-state index contributed by atoms with van der Waals surface area (Å²) >= 11 is 4.55. The van der Waals surface area contributed by atoms with Crippen molar-refractivity contribution >= 4 is 47.6 Å². The number of halogens is 1. The molecule has 5 rings (SSSR count). The minimum absolute atomic E-state index is 0.629. The first-order valence-corrected chi connectivity index (χ1v) is 15.4. The SMILES string of the molecule is COc1ccc2cccc(CP(Br)(c3ccccc3)(c3ccccc3)c3ccccc3)c2n1. The minimum atomic E-state index is -3.10. The van der Waals surface area contributed by atoms with Gasteiger partial charge in [-0.25, -0.2) is 0 Å². The number of hydrogen-bond acceptors (Lipinski definition) is 2. The molecular formula is C29H25BrNOP. The third-order valence-corrected chi connectivity index (χ3v) is 15.8. The van der Waals surface area contributed by atoms with Gasteiger partial charge < -0.3 is 0 Å².